The maximum atomic E-state index is 13.0. The van der Waals surface area contributed by atoms with Crippen LogP contribution < -0.4 is 0 Å². The second-order valence-corrected chi connectivity index (χ2v) is 3.62. The fraction of sp³-hybridized carbons (Fsp3) is 0.182. The fourth-order valence-electron chi connectivity index (χ4n) is 1.48. The van der Waals surface area contributed by atoms with Crippen LogP contribution in [0.1, 0.15) is 29.0 Å². The quantitative estimate of drug-likeness (QED) is 0.879. The average Bonchev–Trinajstić information content (AvgIpc) is 2.77. The van der Waals surface area contributed by atoms with Crippen LogP contribution in [0.3, 0.4) is 0 Å². The molecule has 1 aromatic carbocycles. The summed E-state index contributed by atoms with van der Waals surface area (Å²) in [5, 5.41) is 15.9. The van der Waals surface area contributed by atoms with Gasteiger partial charge in [0.25, 0.3) is 0 Å². The van der Waals surface area contributed by atoms with Crippen molar-refractivity contribution in [2.45, 2.75) is 13.0 Å². The third-order valence-corrected chi connectivity index (χ3v) is 2.46. The molecular weight excluding hydrogens is 225 g/mol. The molecule has 0 saturated carbocycles. The van der Waals surface area contributed by atoms with E-state index in [0.717, 1.165) is 0 Å². The van der Waals surface area contributed by atoms with Crippen LogP contribution >= 0.6 is 0 Å². The molecule has 2 rings (SSSR count). The number of carbonyl (C=O) groups is 1. The van der Waals surface area contributed by atoms with Crippen molar-refractivity contribution in [1.82, 2.24) is 15.0 Å². The number of benzene rings is 1. The number of aromatic nitrogens is 3. The zero-order valence-electron chi connectivity index (χ0n) is 9.04. The fourth-order valence-corrected chi connectivity index (χ4v) is 1.48. The first-order chi connectivity index (χ1) is 8.08. The molecule has 1 heterocycles. The normalized spacial score (nSPS) is 12.4. The van der Waals surface area contributed by atoms with Crippen molar-refractivity contribution in [3.8, 4) is 0 Å². The minimum Gasteiger partial charge on any atom is -0.476 e. The van der Waals surface area contributed by atoms with Gasteiger partial charge in [0.15, 0.2) is 5.69 Å². The van der Waals surface area contributed by atoms with E-state index in [1.807, 2.05) is 0 Å². The van der Waals surface area contributed by atoms with Gasteiger partial charge in [0.2, 0.25) is 0 Å². The molecule has 17 heavy (non-hydrogen) atoms. The van der Waals surface area contributed by atoms with Gasteiger partial charge in [-0.2, -0.15) is 0 Å². The molecule has 1 aromatic heterocycles. The summed E-state index contributed by atoms with van der Waals surface area (Å²) in [7, 11) is 0. The van der Waals surface area contributed by atoms with E-state index in [2.05, 4.69) is 10.3 Å². The average molecular weight is 235 g/mol. The number of carboxylic acid groups (broad SMARTS) is 1. The molecule has 0 unspecified atom stereocenters. The third kappa shape index (κ3) is 2.30. The van der Waals surface area contributed by atoms with E-state index in [1.54, 1.807) is 19.1 Å². The zero-order valence-corrected chi connectivity index (χ0v) is 9.04. The van der Waals surface area contributed by atoms with Crippen molar-refractivity contribution in [2.75, 3.05) is 0 Å². The Kier molecular flexibility index (Phi) is 2.86. The van der Waals surface area contributed by atoms with E-state index < -0.39 is 5.97 Å². The van der Waals surface area contributed by atoms with Crippen molar-refractivity contribution in [1.29, 1.82) is 0 Å². The Labute approximate surface area is 96.5 Å². The Morgan fingerprint density at radius 3 is 2.88 bits per heavy atom. The molecule has 2 aromatic rings. The van der Waals surface area contributed by atoms with E-state index in [1.165, 1.54) is 23.0 Å². The first kappa shape index (κ1) is 11.3. The lowest BCUT2D eigenvalue weighted by Crippen LogP contribution is -2.07. The van der Waals surface area contributed by atoms with E-state index in [-0.39, 0.29) is 17.6 Å². The largest absolute Gasteiger partial charge is 0.476 e. The van der Waals surface area contributed by atoms with Crippen molar-refractivity contribution < 1.29 is 14.3 Å². The molecule has 0 bridgehead atoms. The number of aromatic carboxylic acids is 1. The number of rotatable bonds is 3. The monoisotopic (exact) mass is 235 g/mol. The molecule has 0 saturated heterocycles. The van der Waals surface area contributed by atoms with E-state index in [0.29, 0.717) is 5.56 Å². The number of hydrogen-bond donors (Lipinski definition) is 1. The van der Waals surface area contributed by atoms with Gasteiger partial charge in [-0.25, -0.2) is 13.9 Å². The number of nitrogens with zero attached hydrogens (tertiary/aromatic N) is 3. The highest BCUT2D eigenvalue weighted by molar-refractivity contribution is 5.84. The molecule has 0 aliphatic rings. The van der Waals surface area contributed by atoms with Gasteiger partial charge in [-0.15, -0.1) is 5.10 Å². The maximum absolute atomic E-state index is 13.0. The van der Waals surface area contributed by atoms with Crippen LogP contribution in [0.4, 0.5) is 4.39 Å². The van der Waals surface area contributed by atoms with Crippen LogP contribution in [0.2, 0.25) is 0 Å². The van der Waals surface area contributed by atoms with Crippen LogP contribution in [-0.4, -0.2) is 26.1 Å². The number of hydrogen-bond acceptors (Lipinski definition) is 3. The smallest absolute Gasteiger partial charge is 0.358 e. The minimum absolute atomic E-state index is 0.131. The van der Waals surface area contributed by atoms with Crippen molar-refractivity contribution in [3.05, 3.63) is 47.5 Å². The second-order valence-electron chi connectivity index (χ2n) is 3.62. The predicted octanol–water partition coefficient (Wildman–Crippen LogP) is 1.72. The summed E-state index contributed by atoms with van der Waals surface area (Å²) in [6.07, 6.45) is 1.32. The lowest BCUT2D eigenvalue weighted by atomic mass is 10.1. The third-order valence-electron chi connectivity index (χ3n) is 2.46. The molecule has 5 nitrogen and oxygen atoms in total. The first-order valence-electron chi connectivity index (χ1n) is 4.98. The maximum Gasteiger partial charge on any atom is 0.358 e. The van der Waals surface area contributed by atoms with Crippen LogP contribution in [0.15, 0.2) is 30.5 Å². The van der Waals surface area contributed by atoms with Gasteiger partial charge in [-0.05, 0) is 24.6 Å². The van der Waals surface area contributed by atoms with Crippen LogP contribution in [0.5, 0.6) is 0 Å². The Balaban J connectivity index is 2.30. The molecule has 0 amide bonds. The molecule has 0 aliphatic carbocycles. The molecule has 0 fully saturated rings. The van der Waals surface area contributed by atoms with E-state index >= 15 is 0 Å². The van der Waals surface area contributed by atoms with Crippen LogP contribution in [-0.2, 0) is 0 Å². The summed E-state index contributed by atoms with van der Waals surface area (Å²) >= 11 is 0. The first-order valence-corrected chi connectivity index (χ1v) is 4.98. The second kappa shape index (κ2) is 4.32. The molecule has 6 heteroatoms. The van der Waals surface area contributed by atoms with Gasteiger partial charge >= 0.3 is 5.97 Å². The molecule has 1 N–H and O–H groups in total. The molecule has 0 spiro atoms. The zero-order chi connectivity index (χ0) is 12.4. The highest BCUT2D eigenvalue weighted by Gasteiger charge is 2.14. The molecular formula is C11H10FN3O2. The summed E-state index contributed by atoms with van der Waals surface area (Å²) in [6.45, 7) is 1.79. The molecule has 1 atom stereocenters. The van der Waals surface area contributed by atoms with Crippen LogP contribution in [0.25, 0.3) is 0 Å². The lowest BCUT2D eigenvalue weighted by Gasteiger charge is -2.11. The van der Waals surface area contributed by atoms with E-state index in [4.69, 9.17) is 5.11 Å². The molecule has 88 valence electrons. The minimum atomic E-state index is -1.14. The lowest BCUT2D eigenvalue weighted by molar-refractivity contribution is 0.0690. The van der Waals surface area contributed by atoms with Gasteiger partial charge < -0.3 is 5.11 Å². The van der Waals surface area contributed by atoms with Gasteiger partial charge in [-0.3, -0.25) is 0 Å². The summed E-state index contributed by atoms with van der Waals surface area (Å²) < 4.78 is 14.4. The number of halogens is 1. The Morgan fingerprint density at radius 1 is 1.53 bits per heavy atom. The molecule has 0 radical (unpaired) electrons. The predicted molar refractivity (Wildman–Crippen MR) is 57.2 cm³/mol. The summed E-state index contributed by atoms with van der Waals surface area (Å²) in [5.74, 6) is -1.48. The Morgan fingerprint density at radius 2 is 2.29 bits per heavy atom. The Bertz CT molecular complexity index is 553. The standard InChI is InChI=1S/C11H10FN3O2/c1-7(8-3-2-4-9(12)5-8)15-6-10(11(16)17)13-14-15/h2-7H,1H3,(H,16,17)/t7-/m0/s1. The van der Waals surface area contributed by atoms with Crippen LogP contribution in [0, 0.1) is 5.82 Å². The van der Waals surface area contributed by atoms with Crippen molar-refractivity contribution >= 4 is 5.97 Å². The number of carboxylic acids is 1. The summed E-state index contributed by atoms with van der Waals surface area (Å²) in [4.78, 5) is 10.7. The topological polar surface area (TPSA) is 68.0 Å². The van der Waals surface area contributed by atoms with E-state index in [9.17, 15) is 9.18 Å². The Hall–Kier alpha value is -2.24. The van der Waals surface area contributed by atoms with Gasteiger partial charge in [0, 0.05) is 0 Å². The molecule has 0 aliphatic heterocycles. The van der Waals surface area contributed by atoms with Gasteiger partial charge in [-0.1, -0.05) is 17.3 Å². The SMILES string of the molecule is C[C@@H](c1cccc(F)c1)n1cc(C(=O)O)nn1. The highest BCUT2D eigenvalue weighted by atomic mass is 19.1. The summed E-state index contributed by atoms with van der Waals surface area (Å²) in [6, 6.07) is 5.80. The summed E-state index contributed by atoms with van der Waals surface area (Å²) in [5.41, 5.74) is 0.570. The van der Waals surface area contributed by atoms with Gasteiger partial charge in [0.05, 0.1) is 12.2 Å². The van der Waals surface area contributed by atoms with Crippen molar-refractivity contribution in [2.24, 2.45) is 0 Å². The van der Waals surface area contributed by atoms with Crippen molar-refractivity contribution in [3.63, 3.8) is 0 Å². The van der Waals surface area contributed by atoms with Gasteiger partial charge in [0.1, 0.15) is 5.82 Å². The highest BCUT2D eigenvalue weighted by Crippen LogP contribution is 2.17.